The average Bonchev–Trinajstić information content (AvgIpc) is 2.71. The van der Waals surface area contributed by atoms with E-state index in [0.29, 0.717) is 23.6 Å². The van der Waals surface area contributed by atoms with Gasteiger partial charge in [0, 0.05) is 6.54 Å². The van der Waals surface area contributed by atoms with Crippen LogP contribution in [0.5, 0.6) is 0 Å². The molecule has 0 radical (unpaired) electrons. The number of imide groups is 1. The monoisotopic (exact) mass is 258 g/mol. The highest BCUT2D eigenvalue weighted by Gasteiger charge is 2.34. The fourth-order valence-electron chi connectivity index (χ4n) is 2.92. The summed E-state index contributed by atoms with van der Waals surface area (Å²) in [5.74, 6) is 0.370. The van der Waals surface area contributed by atoms with E-state index in [9.17, 15) is 9.59 Å². The lowest BCUT2D eigenvalue weighted by atomic mass is 9.94. The van der Waals surface area contributed by atoms with Crippen LogP contribution in [0.1, 0.15) is 40.0 Å². The van der Waals surface area contributed by atoms with Gasteiger partial charge in [0.2, 0.25) is 0 Å². The van der Waals surface area contributed by atoms with Gasteiger partial charge in [-0.3, -0.25) is 14.5 Å². The molecule has 2 amide bonds. The zero-order chi connectivity index (χ0) is 13.2. The van der Waals surface area contributed by atoms with E-state index in [1.54, 1.807) is 24.3 Å². The van der Waals surface area contributed by atoms with E-state index in [2.05, 4.69) is 5.32 Å². The highest BCUT2D eigenvalue weighted by Crippen LogP contribution is 2.24. The van der Waals surface area contributed by atoms with E-state index in [4.69, 9.17) is 0 Å². The first-order valence-electron chi connectivity index (χ1n) is 6.93. The van der Waals surface area contributed by atoms with Crippen LogP contribution in [0.2, 0.25) is 0 Å². The molecule has 2 aliphatic rings. The molecule has 0 atom stereocenters. The van der Waals surface area contributed by atoms with Crippen LogP contribution in [-0.2, 0) is 0 Å². The molecule has 19 heavy (non-hydrogen) atoms. The van der Waals surface area contributed by atoms with Crippen molar-refractivity contribution in [2.45, 2.75) is 19.3 Å². The van der Waals surface area contributed by atoms with Crippen molar-refractivity contribution >= 4 is 11.8 Å². The maximum Gasteiger partial charge on any atom is 0.261 e. The first-order valence-corrected chi connectivity index (χ1v) is 6.93. The summed E-state index contributed by atoms with van der Waals surface area (Å²) in [7, 11) is 0. The molecule has 0 spiro atoms. The molecule has 0 unspecified atom stereocenters. The van der Waals surface area contributed by atoms with Gasteiger partial charge < -0.3 is 5.32 Å². The van der Waals surface area contributed by atoms with E-state index < -0.39 is 0 Å². The number of hydrogen-bond donors (Lipinski definition) is 1. The number of benzene rings is 1. The standard InChI is InChI=1S/C15H18N2O2/c18-14-12-3-1-2-4-13(12)15(19)17(14)10-7-11-5-8-16-9-6-11/h1-4,11,16H,5-10H2. The molecule has 0 aliphatic carbocycles. The smallest absolute Gasteiger partial charge is 0.261 e. The second kappa shape index (κ2) is 5.13. The van der Waals surface area contributed by atoms with Crippen LogP contribution in [0.3, 0.4) is 0 Å². The Balaban J connectivity index is 1.67. The summed E-state index contributed by atoms with van der Waals surface area (Å²) in [5, 5.41) is 3.33. The van der Waals surface area contributed by atoms with Crippen LogP contribution >= 0.6 is 0 Å². The zero-order valence-corrected chi connectivity index (χ0v) is 10.9. The second-order valence-electron chi connectivity index (χ2n) is 5.29. The van der Waals surface area contributed by atoms with Crippen molar-refractivity contribution in [1.29, 1.82) is 0 Å². The van der Waals surface area contributed by atoms with E-state index in [1.807, 2.05) is 0 Å². The Hall–Kier alpha value is -1.68. The second-order valence-corrected chi connectivity index (χ2v) is 5.29. The van der Waals surface area contributed by atoms with Gasteiger partial charge in [-0.1, -0.05) is 12.1 Å². The third kappa shape index (κ3) is 2.28. The van der Waals surface area contributed by atoms with E-state index in [0.717, 1.165) is 32.4 Å². The Bertz CT molecular complexity index is 472. The Morgan fingerprint density at radius 1 is 1.05 bits per heavy atom. The number of fused-ring (bicyclic) bond motifs is 1. The summed E-state index contributed by atoms with van der Waals surface area (Å²) in [5.41, 5.74) is 1.11. The molecule has 4 nitrogen and oxygen atoms in total. The number of rotatable bonds is 3. The van der Waals surface area contributed by atoms with Crippen LogP contribution in [-0.4, -0.2) is 36.3 Å². The Kier molecular flexibility index (Phi) is 3.34. The highest BCUT2D eigenvalue weighted by molar-refractivity contribution is 6.21. The van der Waals surface area contributed by atoms with E-state index in [-0.39, 0.29) is 11.8 Å². The van der Waals surface area contributed by atoms with Crippen molar-refractivity contribution in [3.63, 3.8) is 0 Å². The summed E-state index contributed by atoms with van der Waals surface area (Å²) in [4.78, 5) is 25.8. The van der Waals surface area contributed by atoms with Gasteiger partial charge in [0.1, 0.15) is 0 Å². The lowest BCUT2D eigenvalue weighted by Gasteiger charge is -2.24. The van der Waals surface area contributed by atoms with Gasteiger partial charge in [-0.2, -0.15) is 0 Å². The fraction of sp³-hybridized carbons (Fsp3) is 0.467. The van der Waals surface area contributed by atoms with Crippen molar-refractivity contribution in [1.82, 2.24) is 10.2 Å². The molecule has 2 heterocycles. The molecular formula is C15H18N2O2. The zero-order valence-electron chi connectivity index (χ0n) is 10.9. The molecule has 1 saturated heterocycles. The lowest BCUT2D eigenvalue weighted by molar-refractivity contribution is 0.0643. The molecule has 1 aromatic rings. The third-order valence-electron chi connectivity index (χ3n) is 4.10. The van der Waals surface area contributed by atoms with Crippen LogP contribution < -0.4 is 5.32 Å². The van der Waals surface area contributed by atoms with E-state index in [1.165, 1.54) is 4.90 Å². The van der Waals surface area contributed by atoms with Crippen molar-refractivity contribution in [3.05, 3.63) is 35.4 Å². The van der Waals surface area contributed by atoms with Crippen LogP contribution in [0.25, 0.3) is 0 Å². The number of nitrogens with one attached hydrogen (secondary N) is 1. The molecule has 0 saturated carbocycles. The predicted octanol–water partition coefficient (Wildman–Crippen LogP) is 1.67. The van der Waals surface area contributed by atoms with Gasteiger partial charge in [-0.15, -0.1) is 0 Å². The minimum Gasteiger partial charge on any atom is -0.317 e. The SMILES string of the molecule is O=C1c2ccccc2C(=O)N1CCC1CCNCC1. The normalized spacial score (nSPS) is 19.9. The largest absolute Gasteiger partial charge is 0.317 e. The van der Waals surface area contributed by atoms with Crippen molar-refractivity contribution in [2.24, 2.45) is 5.92 Å². The molecule has 1 aromatic carbocycles. The molecule has 0 bridgehead atoms. The molecule has 4 heteroatoms. The molecular weight excluding hydrogens is 240 g/mol. The van der Waals surface area contributed by atoms with Gasteiger partial charge in [-0.25, -0.2) is 0 Å². The molecule has 1 N–H and O–H groups in total. The molecule has 2 aliphatic heterocycles. The van der Waals surface area contributed by atoms with E-state index >= 15 is 0 Å². The van der Waals surface area contributed by atoms with Crippen molar-refractivity contribution in [3.8, 4) is 0 Å². The van der Waals surface area contributed by atoms with Gasteiger partial charge >= 0.3 is 0 Å². The van der Waals surface area contributed by atoms with Crippen LogP contribution in [0.15, 0.2) is 24.3 Å². The van der Waals surface area contributed by atoms with Gasteiger partial charge in [0.25, 0.3) is 11.8 Å². The molecule has 0 aromatic heterocycles. The summed E-state index contributed by atoms with van der Waals surface area (Å²) in [6.07, 6.45) is 3.21. The van der Waals surface area contributed by atoms with Crippen LogP contribution in [0, 0.1) is 5.92 Å². The summed E-state index contributed by atoms with van der Waals surface area (Å²) >= 11 is 0. The summed E-state index contributed by atoms with van der Waals surface area (Å²) < 4.78 is 0. The number of amides is 2. The average molecular weight is 258 g/mol. The fourth-order valence-corrected chi connectivity index (χ4v) is 2.92. The maximum atomic E-state index is 12.2. The van der Waals surface area contributed by atoms with Gasteiger partial charge in [-0.05, 0) is 50.4 Å². The van der Waals surface area contributed by atoms with Crippen molar-refractivity contribution < 1.29 is 9.59 Å². The number of carbonyl (C=O) groups is 2. The number of piperidine rings is 1. The quantitative estimate of drug-likeness (QED) is 0.839. The summed E-state index contributed by atoms with van der Waals surface area (Å²) in [6.45, 7) is 2.65. The van der Waals surface area contributed by atoms with Crippen LogP contribution in [0.4, 0.5) is 0 Å². The predicted molar refractivity (Wildman–Crippen MR) is 72.0 cm³/mol. The first-order chi connectivity index (χ1) is 9.27. The Labute approximate surface area is 112 Å². The third-order valence-corrected chi connectivity index (χ3v) is 4.10. The minimum atomic E-state index is -0.130. The van der Waals surface area contributed by atoms with Gasteiger partial charge in [0.15, 0.2) is 0 Å². The Morgan fingerprint density at radius 2 is 1.63 bits per heavy atom. The van der Waals surface area contributed by atoms with Crippen molar-refractivity contribution in [2.75, 3.05) is 19.6 Å². The lowest BCUT2D eigenvalue weighted by Crippen LogP contribution is -2.34. The molecule has 1 fully saturated rings. The summed E-state index contributed by atoms with van der Waals surface area (Å²) in [6, 6.07) is 7.08. The number of carbonyl (C=O) groups excluding carboxylic acids is 2. The molecule has 3 rings (SSSR count). The molecule has 100 valence electrons. The maximum absolute atomic E-state index is 12.2. The first kappa shape index (κ1) is 12.4. The topological polar surface area (TPSA) is 49.4 Å². The minimum absolute atomic E-state index is 0.130. The number of nitrogens with zero attached hydrogens (tertiary/aromatic N) is 1. The highest BCUT2D eigenvalue weighted by atomic mass is 16.2. The Morgan fingerprint density at radius 3 is 2.21 bits per heavy atom. The number of hydrogen-bond acceptors (Lipinski definition) is 3. The van der Waals surface area contributed by atoms with Gasteiger partial charge in [0.05, 0.1) is 11.1 Å².